The molecule has 0 saturated carbocycles. The maximum atomic E-state index is 8.68. The highest BCUT2D eigenvalue weighted by Crippen LogP contribution is 2.40. The third-order valence-corrected chi connectivity index (χ3v) is 3.73. The Bertz CT molecular complexity index is 1240. The number of ether oxygens (including phenoxy) is 3. The highest BCUT2D eigenvalue weighted by molar-refractivity contribution is 5.92. The summed E-state index contributed by atoms with van der Waals surface area (Å²) in [6.07, 6.45) is 0. The molecule has 5 N–H and O–H groups in total. The molecular weight excluding hydrogens is 346 g/mol. The number of hydrogen-bond donors (Lipinski definition) is 3. The van der Waals surface area contributed by atoms with Crippen LogP contribution in [-0.2, 0) is 6.50 Å². The molecule has 27 heavy (non-hydrogen) atoms. The molecule has 1 aromatic heterocycles. The lowest BCUT2D eigenvalue weighted by atomic mass is 10.0. The van der Waals surface area contributed by atoms with E-state index in [4.69, 9.17) is 35.3 Å². The zero-order chi connectivity index (χ0) is 25.6. The Hall–Kier alpha value is -3.42. The van der Waals surface area contributed by atoms with Crippen molar-refractivity contribution in [3.05, 3.63) is 35.3 Å². The minimum Gasteiger partial charge on any atom is -0.493 e. The minimum atomic E-state index is -2.82. The normalized spacial score (nSPS) is 15.4. The van der Waals surface area contributed by atoms with Gasteiger partial charge in [-0.2, -0.15) is 4.98 Å². The van der Waals surface area contributed by atoms with Crippen molar-refractivity contribution >= 4 is 28.4 Å². The number of hydrogen-bond acceptors (Lipinski definition) is 8. The molecule has 0 aliphatic rings. The number of aryl methyl sites for hydroxylation is 1. The number of fused-ring (bicyclic) bond motifs is 1. The summed E-state index contributed by atoms with van der Waals surface area (Å²) in [7, 11) is 3.87. The smallest absolute Gasteiger partial charge is 0.222 e. The second-order valence-corrected chi connectivity index (χ2v) is 5.32. The van der Waals surface area contributed by atoms with Gasteiger partial charge in [-0.25, -0.2) is 4.98 Å². The first-order chi connectivity index (χ1) is 15.8. The number of methoxy groups -OCH3 is 3. The number of benzene rings is 2. The van der Waals surface area contributed by atoms with E-state index in [-0.39, 0.29) is 63.3 Å². The summed E-state index contributed by atoms with van der Waals surface area (Å²) < 4.78 is 74.0. The lowest BCUT2D eigenvalue weighted by molar-refractivity contribution is 0.324. The Balaban J connectivity index is 2.30. The van der Waals surface area contributed by atoms with Crippen LogP contribution in [0, 0.1) is 6.85 Å². The predicted octanol–water partition coefficient (Wildman–Crippen LogP) is 2.74. The Morgan fingerprint density at radius 1 is 1.11 bits per heavy atom. The average molecular weight is 376 g/mol. The lowest BCUT2D eigenvalue weighted by Gasteiger charge is -2.16. The van der Waals surface area contributed by atoms with E-state index in [0.717, 1.165) is 0 Å². The molecule has 142 valence electrons. The molecule has 0 amide bonds. The fourth-order valence-corrected chi connectivity index (χ4v) is 2.52. The summed E-state index contributed by atoms with van der Waals surface area (Å²) in [4.78, 5) is 7.82. The molecule has 0 unspecified atom stereocenters. The van der Waals surface area contributed by atoms with E-state index in [1.165, 1.54) is 33.5 Å². The maximum Gasteiger partial charge on any atom is 0.222 e. The molecule has 0 fully saturated rings. The number of nitrogens with one attached hydrogen (secondary N) is 1. The predicted molar refractivity (Wildman–Crippen MR) is 107 cm³/mol. The fraction of sp³-hybridized carbons (Fsp3) is 0.263. The summed E-state index contributed by atoms with van der Waals surface area (Å²) in [6.45, 7) is -5.43. The van der Waals surface area contributed by atoms with Crippen LogP contribution in [0.3, 0.4) is 0 Å². The van der Waals surface area contributed by atoms with E-state index in [1.807, 2.05) is 0 Å². The Morgan fingerprint density at radius 3 is 2.41 bits per heavy atom. The summed E-state index contributed by atoms with van der Waals surface area (Å²) >= 11 is 0. The number of anilines is 3. The van der Waals surface area contributed by atoms with Gasteiger partial charge in [0.1, 0.15) is 5.82 Å². The van der Waals surface area contributed by atoms with Gasteiger partial charge in [0.05, 0.1) is 32.3 Å². The van der Waals surface area contributed by atoms with Crippen LogP contribution >= 0.6 is 0 Å². The van der Waals surface area contributed by atoms with Crippen molar-refractivity contribution in [1.29, 1.82) is 0 Å². The Morgan fingerprint density at radius 2 is 1.81 bits per heavy atom. The van der Waals surface area contributed by atoms with Gasteiger partial charge in [-0.1, -0.05) is 6.07 Å². The lowest BCUT2D eigenvalue weighted by Crippen LogP contribution is -2.06. The molecule has 0 atom stereocenters. The standard InChI is InChI=1S/C19H23N5O3/c1-10-11(5-6-13-16(10)18(20)24-19(21)23-13)9-22-12-7-14(25-2)17(27-4)15(8-12)26-3/h5-8,22H,9H2,1-4H3,(H4,20,21,23,24)/i1D3,7D,8D,9D2. The third kappa shape index (κ3) is 3.46. The Labute approximate surface area is 167 Å². The zero-order valence-corrected chi connectivity index (χ0v) is 14.9. The molecule has 0 aliphatic carbocycles. The molecule has 1 heterocycles. The van der Waals surface area contributed by atoms with Gasteiger partial charge in [0.15, 0.2) is 11.5 Å². The van der Waals surface area contributed by atoms with E-state index >= 15 is 0 Å². The number of nitrogens with two attached hydrogens (primary N) is 2. The van der Waals surface area contributed by atoms with Crippen LogP contribution in [0.2, 0.25) is 0 Å². The van der Waals surface area contributed by atoms with Crippen LogP contribution in [0.4, 0.5) is 17.5 Å². The van der Waals surface area contributed by atoms with Crippen molar-refractivity contribution < 1.29 is 23.8 Å². The largest absolute Gasteiger partial charge is 0.493 e. The summed E-state index contributed by atoms with van der Waals surface area (Å²) in [6, 6.07) is 1.82. The Kier molecular flexibility index (Phi) is 3.12. The van der Waals surface area contributed by atoms with E-state index in [9.17, 15) is 0 Å². The SMILES string of the molecule is [2H]c1c(NC([2H])([2H])c2ccc3nc(N)nc(N)c3c2C([2H])([2H])[2H])c([2H])c(OC)c(OC)c1OC. The molecule has 2 aromatic carbocycles. The first kappa shape index (κ1) is 11.3. The van der Waals surface area contributed by atoms with Crippen molar-refractivity contribution in [2.45, 2.75) is 13.3 Å². The van der Waals surface area contributed by atoms with Crippen LogP contribution < -0.4 is 31.0 Å². The highest BCUT2D eigenvalue weighted by atomic mass is 16.5. The van der Waals surface area contributed by atoms with Crippen molar-refractivity contribution in [1.82, 2.24) is 9.97 Å². The monoisotopic (exact) mass is 376 g/mol. The van der Waals surface area contributed by atoms with Gasteiger partial charge in [0.25, 0.3) is 0 Å². The first-order valence-corrected chi connectivity index (χ1v) is 7.72. The van der Waals surface area contributed by atoms with Crippen LogP contribution in [0.5, 0.6) is 17.2 Å². The molecule has 3 aromatic rings. The quantitative estimate of drug-likeness (QED) is 0.601. The van der Waals surface area contributed by atoms with Gasteiger partial charge in [-0.15, -0.1) is 0 Å². The van der Waals surface area contributed by atoms with Gasteiger partial charge in [0.2, 0.25) is 11.7 Å². The van der Waals surface area contributed by atoms with Gasteiger partial charge >= 0.3 is 0 Å². The zero-order valence-electron chi connectivity index (χ0n) is 21.9. The number of aromatic nitrogens is 2. The van der Waals surface area contributed by atoms with E-state index < -0.39 is 18.9 Å². The number of nitrogen functional groups attached to an aromatic ring is 2. The molecule has 0 bridgehead atoms. The molecular formula is C19H23N5O3. The highest BCUT2D eigenvalue weighted by Gasteiger charge is 2.14. The number of nitrogens with zero attached hydrogens (tertiary/aromatic N) is 2. The van der Waals surface area contributed by atoms with Crippen molar-refractivity contribution in [3.63, 3.8) is 0 Å². The van der Waals surface area contributed by atoms with Crippen LogP contribution in [-0.4, -0.2) is 31.3 Å². The van der Waals surface area contributed by atoms with Gasteiger partial charge in [0, 0.05) is 33.8 Å². The van der Waals surface area contributed by atoms with Crippen molar-refractivity contribution in [2.24, 2.45) is 0 Å². The minimum absolute atomic E-state index is 0.0116. The van der Waals surface area contributed by atoms with E-state index in [2.05, 4.69) is 15.3 Å². The number of rotatable bonds is 6. The van der Waals surface area contributed by atoms with Gasteiger partial charge in [-0.3, -0.25) is 0 Å². The van der Waals surface area contributed by atoms with Crippen LogP contribution in [0.15, 0.2) is 24.2 Å². The third-order valence-electron chi connectivity index (χ3n) is 3.73. The molecule has 8 nitrogen and oxygen atoms in total. The molecule has 0 spiro atoms. The molecule has 0 saturated heterocycles. The summed E-state index contributed by atoms with van der Waals surface area (Å²) in [5, 5.41) is 2.40. The maximum absolute atomic E-state index is 8.68. The van der Waals surface area contributed by atoms with Crippen molar-refractivity contribution in [2.75, 3.05) is 38.1 Å². The second-order valence-electron chi connectivity index (χ2n) is 5.32. The molecule has 8 heteroatoms. The first-order valence-electron chi connectivity index (χ1n) is 11.2. The fourth-order valence-electron chi connectivity index (χ4n) is 2.52. The molecule has 0 aliphatic heterocycles. The molecule has 0 radical (unpaired) electrons. The van der Waals surface area contributed by atoms with Crippen LogP contribution in [0.25, 0.3) is 10.9 Å². The average Bonchev–Trinajstić information content (AvgIpc) is 2.74. The summed E-state index contributed by atoms with van der Waals surface area (Å²) in [5.41, 5.74) is 10.6. The second kappa shape index (κ2) is 7.45. The van der Waals surface area contributed by atoms with Crippen molar-refractivity contribution in [3.8, 4) is 17.2 Å². The van der Waals surface area contributed by atoms with Crippen LogP contribution in [0.1, 0.15) is 20.7 Å². The van der Waals surface area contributed by atoms with Gasteiger partial charge < -0.3 is 31.0 Å². The van der Waals surface area contributed by atoms with E-state index in [1.54, 1.807) is 0 Å². The van der Waals surface area contributed by atoms with Gasteiger partial charge in [-0.05, 0) is 24.0 Å². The summed E-state index contributed by atoms with van der Waals surface area (Å²) in [5.74, 6) is -0.595. The van der Waals surface area contributed by atoms with E-state index in [0.29, 0.717) is 0 Å². The molecule has 3 rings (SSSR count). The topological polar surface area (TPSA) is 118 Å².